The number of alkyl halides is 1. The van der Waals surface area contributed by atoms with Crippen molar-refractivity contribution in [1.29, 1.82) is 0 Å². The molecular weight excluding hydrogens is 460 g/mol. The Morgan fingerprint density at radius 3 is 2.21 bits per heavy atom. The van der Waals surface area contributed by atoms with E-state index in [2.05, 4.69) is 0 Å². The Kier molecular flexibility index (Phi) is 6.81. The van der Waals surface area contributed by atoms with Gasteiger partial charge in [0, 0.05) is 5.56 Å². The Labute approximate surface area is 201 Å². The highest BCUT2D eigenvalue weighted by atomic mass is 35.5. The third-order valence-corrected chi connectivity index (χ3v) is 5.88. The van der Waals surface area contributed by atoms with Crippen LogP contribution in [0.25, 0.3) is 0 Å². The number of Topliss-reactive ketones (excluding diaryl/α,β-unsaturated/α-hetero) is 1. The van der Waals surface area contributed by atoms with Gasteiger partial charge in [-0.05, 0) is 37.1 Å². The lowest BCUT2D eigenvalue weighted by Gasteiger charge is -2.43. The first-order valence-corrected chi connectivity index (χ1v) is 11.2. The summed E-state index contributed by atoms with van der Waals surface area (Å²) in [7, 11) is 0. The molecule has 0 spiro atoms. The van der Waals surface area contributed by atoms with Crippen LogP contribution in [0.1, 0.15) is 29.8 Å². The first-order valence-electron chi connectivity index (χ1n) is 10.7. The number of hydrogen-bond donors (Lipinski definition) is 0. The van der Waals surface area contributed by atoms with Crippen molar-refractivity contribution in [3.8, 4) is 0 Å². The van der Waals surface area contributed by atoms with Crippen LogP contribution < -0.4 is 0 Å². The summed E-state index contributed by atoms with van der Waals surface area (Å²) in [5.74, 6) is -2.72. The minimum atomic E-state index is -1.34. The molecule has 176 valence electrons. The van der Waals surface area contributed by atoms with E-state index in [1.807, 2.05) is 30.3 Å². The number of fused-ring (bicyclic) bond motifs is 1. The number of halogens is 1. The average Bonchev–Trinajstić information content (AvgIpc) is 3.21. The standard InChI is InChI=1S/C25H23ClN2O6/c1-15(2)19(25(32)33-14-16-9-5-3-6-10-16)27-22(31)20-24(27)34-23(18(29)13-26)28(20)21(30)17-11-7-4-8-12-17/h3-12,20,23-24H,13-14H2,1-2H3. The number of nitrogens with zero attached hydrogens (tertiary/aromatic N) is 2. The van der Waals surface area contributed by atoms with E-state index in [0.29, 0.717) is 11.1 Å². The number of ether oxygens (including phenoxy) is 2. The zero-order valence-corrected chi connectivity index (χ0v) is 19.4. The average molecular weight is 483 g/mol. The van der Waals surface area contributed by atoms with Crippen LogP contribution in [-0.4, -0.2) is 57.7 Å². The Morgan fingerprint density at radius 1 is 1.00 bits per heavy atom. The molecule has 2 amide bonds. The van der Waals surface area contributed by atoms with Gasteiger partial charge in [0.1, 0.15) is 12.3 Å². The number of β-lactam (4-membered cyclic amide) rings is 1. The van der Waals surface area contributed by atoms with Crippen LogP contribution in [0.15, 0.2) is 71.9 Å². The molecule has 34 heavy (non-hydrogen) atoms. The summed E-state index contributed by atoms with van der Waals surface area (Å²) in [6, 6.07) is 16.4. The van der Waals surface area contributed by atoms with Crippen molar-refractivity contribution in [1.82, 2.24) is 9.80 Å². The molecule has 3 atom stereocenters. The predicted octanol–water partition coefficient (Wildman–Crippen LogP) is 2.87. The van der Waals surface area contributed by atoms with Gasteiger partial charge in [-0.3, -0.25) is 24.2 Å². The lowest BCUT2D eigenvalue weighted by Crippen LogP contribution is -2.67. The molecule has 3 unspecified atom stereocenters. The van der Waals surface area contributed by atoms with Gasteiger partial charge in [0.25, 0.3) is 11.8 Å². The maximum absolute atomic E-state index is 13.2. The van der Waals surface area contributed by atoms with E-state index in [0.717, 1.165) is 15.4 Å². The number of likely N-dealkylation sites (tertiary alicyclic amines) is 1. The molecule has 0 aromatic heterocycles. The lowest BCUT2D eigenvalue weighted by atomic mass is 10.00. The van der Waals surface area contributed by atoms with Crippen molar-refractivity contribution in [2.45, 2.75) is 39.0 Å². The van der Waals surface area contributed by atoms with E-state index in [1.54, 1.807) is 44.2 Å². The number of ketones is 1. The molecule has 2 aliphatic heterocycles. The van der Waals surface area contributed by atoms with Crippen LogP contribution in [0.4, 0.5) is 0 Å². The number of esters is 1. The molecule has 0 bridgehead atoms. The third kappa shape index (κ3) is 4.22. The SMILES string of the molecule is CC(C)=C(C(=O)OCc1ccccc1)N1C(=O)C2C1OC(C(=O)CCl)N2C(=O)c1ccccc1. The molecule has 0 aliphatic carbocycles. The molecule has 0 radical (unpaired) electrons. The van der Waals surface area contributed by atoms with Crippen molar-refractivity contribution in [2.75, 3.05) is 5.88 Å². The number of allylic oxidation sites excluding steroid dienone is 1. The summed E-state index contributed by atoms with van der Waals surface area (Å²) in [5, 5.41) is 0. The number of carbonyl (C=O) groups is 4. The highest BCUT2D eigenvalue weighted by Crippen LogP contribution is 2.40. The van der Waals surface area contributed by atoms with E-state index in [4.69, 9.17) is 21.1 Å². The minimum absolute atomic E-state index is 0.0215. The van der Waals surface area contributed by atoms with Gasteiger partial charge < -0.3 is 9.47 Å². The fourth-order valence-corrected chi connectivity index (χ4v) is 4.15. The van der Waals surface area contributed by atoms with Gasteiger partial charge in [0.05, 0.1) is 5.88 Å². The maximum Gasteiger partial charge on any atom is 0.355 e. The zero-order valence-electron chi connectivity index (χ0n) is 18.6. The number of carbonyl (C=O) groups excluding carboxylic acids is 4. The molecular formula is C25H23ClN2O6. The predicted molar refractivity (Wildman–Crippen MR) is 122 cm³/mol. The van der Waals surface area contributed by atoms with E-state index in [9.17, 15) is 19.2 Å². The second kappa shape index (κ2) is 9.79. The van der Waals surface area contributed by atoms with Gasteiger partial charge in [0.15, 0.2) is 24.3 Å². The Balaban J connectivity index is 1.59. The van der Waals surface area contributed by atoms with Gasteiger partial charge in [0.2, 0.25) is 0 Å². The molecule has 8 nitrogen and oxygen atoms in total. The Morgan fingerprint density at radius 2 is 1.62 bits per heavy atom. The molecule has 2 saturated heterocycles. The van der Waals surface area contributed by atoms with E-state index < -0.39 is 47.9 Å². The second-order valence-corrected chi connectivity index (χ2v) is 8.39. The largest absolute Gasteiger partial charge is 0.456 e. The number of benzene rings is 2. The molecule has 2 aromatic carbocycles. The minimum Gasteiger partial charge on any atom is -0.456 e. The van der Waals surface area contributed by atoms with Gasteiger partial charge in [-0.15, -0.1) is 11.6 Å². The third-order valence-electron chi connectivity index (χ3n) is 5.62. The summed E-state index contributed by atoms with van der Waals surface area (Å²) in [5.41, 5.74) is 1.64. The van der Waals surface area contributed by atoms with Crippen LogP contribution in [0.3, 0.4) is 0 Å². The van der Waals surface area contributed by atoms with Gasteiger partial charge in [-0.25, -0.2) is 4.79 Å². The van der Waals surface area contributed by atoms with Crippen molar-refractivity contribution in [3.63, 3.8) is 0 Å². The van der Waals surface area contributed by atoms with E-state index in [1.165, 1.54) is 0 Å². The molecule has 9 heteroatoms. The zero-order chi connectivity index (χ0) is 24.4. The fourth-order valence-electron chi connectivity index (χ4n) is 4.02. The molecule has 0 N–H and O–H groups in total. The molecule has 2 fully saturated rings. The summed E-state index contributed by atoms with van der Waals surface area (Å²) in [6.45, 7) is 3.37. The molecule has 2 aromatic rings. The summed E-state index contributed by atoms with van der Waals surface area (Å²) < 4.78 is 11.3. The first kappa shape index (κ1) is 23.7. The molecule has 2 heterocycles. The summed E-state index contributed by atoms with van der Waals surface area (Å²) in [6.07, 6.45) is -2.35. The Hall–Kier alpha value is -3.49. The van der Waals surface area contributed by atoms with Crippen molar-refractivity contribution < 1.29 is 28.7 Å². The quantitative estimate of drug-likeness (QED) is 0.261. The number of hydrogen-bond acceptors (Lipinski definition) is 6. The van der Waals surface area contributed by atoms with E-state index in [-0.39, 0.29) is 12.3 Å². The van der Waals surface area contributed by atoms with Crippen molar-refractivity contribution in [3.05, 3.63) is 83.1 Å². The normalized spacial score (nSPS) is 20.9. The van der Waals surface area contributed by atoms with Crippen LogP contribution in [0.5, 0.6) is 0 Å². The summed E-state index contributed by atoms with van der Waals surface area (Å²) >= 11 is 5.75. The van der Waals surface area contributed by atoms with E-state index >= 15 is 0 Å². The number of rotatable bonds is 7. The molecule has 0 saturated carbocycles. The van der Waals surface area contributed by atoms with Crippen molar-refractivity contribution in [2.24, 2.45) is 0 Å². The monoisotopic (exact) mass is 482 g/mol. The lowest BCUT2D eigenvalue weighted by molar-refractivity contribution is -0.170. The smallest absolute Gasteiger partial charge is 0.355 e. The highest BCUT2D eigenvalue weighted by Gasteiger charge is 2.64. The van der Waals surface area contributed by atoms with Crippen LogP contribution in [-0.2, 0) is 30.5 Å². The van der Waals surface area contributed by atoms with Crippen LogP contribution >= 0.6 is 11.6 Å². The second-order valence-electron chi connectivity index (χ2n) is 8.12. The van der Waals surface area contributed by atoms with Gasteiger partial charge in [-0.2, -0.15) is 0 Å². The Bertz CT molecular complexity index is 1150. The maximum atomic E-state index is 13.2. The number of amides is 2. The topological polar surface area (TPSA) is 93.2 Å². The van der Waals surface area contributed by atoms with Gasteiger partial charge >= 0.3 is 5.97 Å². The molecule has 2 aliphatic rings. The molecule has 4 rings (SSSR count). The fraction of sp³-hybridized carbons (Fsp3) is 0.280. The first-order chi connectivity index (χ1) is 16.3. The van der Waals surface area contributed by atoms with Crippen LogP contribution in [0, 0.1) is 0 Å². The highest BCUT2D eigenvalue weighted by molar-refractivity contribution is 6.28. The van der Waals surface area contributed by atoms with Crippen LogP contribution in [0.2, 0.25) is 0 Å². The summed E-state index contributed by atoms with van der Waals surface area (Å²) in [4.78, 5) is 54.1. The van der Waals surface area contributed by atoms with Gasteiger partial charge in [-0.1, -0.05) is 48.5 Å². The van der Waals surface area contributed by atoms with Crippen molar-refractivity contribution >= 4 is 35.2 Å².